The van der Waals surface area contributed by atoms with Gasteiger partial charge in [0.25, 0.3) is 0 Å². The Kier molecular flexibility index (Phi) is 5.43. The molecule has 0 amide bonds. The van der Waals surface area contributed by atoms with Gasteiger partial charge in [-0.1, -0.05) is 6.08 Å². The van der Waals surface area contributed by atoms with Gasteiger partial charge in [-0.2, -0.15) is 5.10 Å². The Bertz CT molecular complexity index is 781. The van der Waals surface area contributed by atoms with E-state index in [9.17, 15) is 0 Å². The van der Waals surface area contributed by atoms with E-state index in [0.717, 1.165) is 63.9 Å². The molecule has 146 valence electrons. The minimum Gasteiger partial charge on any atom is -0.379 e. The first kappa shape index (κ1) is 18.4. The molecule has 1 N–H and O–H groups in total. The summed E-state index contributed by atoms with van der Waals surface area (Å²) < 4.78 is 8.00. The molecule has 2 saturated heterocycles. The van der Waals surface area contributed by atoms with Crippen LogP contribution in [0.5, 0.6) is 0 Å². The van der Waals surface area contributed by atoms with Crippen LogP contribution in [0.15, 0.2) is 25.2 Å². The van der Waals surface area contributed by atoms with Gasteiger partial charge in [-0.25, -0.2) is 4.98 Å². The molecule has 2 aromatic rings. The summed E-state index contributed by atoms with van der Waals surface area (Å²) in [5.41, 5.74) is 4.87. The number of aromatic nitrogens is 4. The van der Waals surface area contributed by atoms with Crippen LogP contribution in [0.4, 0.5) is 0 Å². The number of aromatic amines is 1. The van der Waals surface area contributed by atoms with E-state index in [0.29, 0.717) is 12.0 Å². The lowest BCUT2D eigenvalue weighted by Gasteiger charge is -2.31. The molecule has 7 heteroatoms. The average molecular weight is 371 g/mol. The molecule has 4 rings (SSSR count). The van der Waals surface area contributed by atoms with Crippen molar-refractivity contribution in [1.82, 2.24) is 29.5 Å². The van der Waals surface area contributed by atoms with Gasteiger partial charge < -0.3 is 9.72 Å². The maximum atomic E-state index is 5.98. The molecule has 0 unspecified atom stereocenters. The highest BCUT2D eigenvalue weighted by atomic mass is 16.5. The van der Waals surface area contributed by atoms with Crippen LogP contribution >= 0.6 is 0 Å². The zero-order chi connectivity index (χ0) is 18.8. The second-order valence-electron chi connectivity index (χ2n) is 7.88. The SMILES string of the molecule is C=CCn1ncc(CN2C[C@@H]3COC[C@H](C2)N(Cc2nc[nH]c2C)C3)c1C. The zero-order valence-electron chi connectivity index (χ0n) is 16.4. The number of hydrogen-bond acceptors (Lipinski definition) is 5. The van der Waals surface area contributed by atoms with Gasteiger partial charge in [-0.3, -0.25) is 14.5 Å². The van der Waals surface area contributed by atoms with Crippen LogP contribution in [-0.2, 0) is 24.4 Å². The predicted molar refractivity (Wildman–Crippen MR) is 104 cm³/mol. The lowest BCUT2D eigenvalue weighted by molar-refractivity contribution is 0.0467. The molecule has 27 heavy (non-hydrogen) atoms. The third-order valence-electron chi connectivity index (χ3n) is 5.85. The first-order valence-electron chi connectivity index (χ1n) is 9.79. The summed E-state index contributed by atoms with van der Waals surface area (Å²) in [6, 6.07) is 0.400. The number of ether oxygens (including phenoxy) is 1. The fraction of sp³-hybridized carbons (Fsp3) is 0.600. The number of allylic oxidation sites excluding steroid dienone is 1. The first-order valence-corrected chi connectivity index (χ1v) is 9.79. The molecular weight excluding hydrogens is 340 g/mol. The van der Waals surface area contributed by atoms with E-state index in [4.69, 9.17) is 4.74 Å². The molecule has 2 fully saturated rings. The fourth-order valence-corrected chi connectivity index (χ4v) is 4.28. The Morgan fingerprint density at radius 3 is 2.93 bits per heavy atom. The van der Waals surface area contributed by atoms with Gasteiger partial charge in [0, 0.05) is 61.6 Å². The van der Waals surface area contributed by atoms with Gasteiger partial charge in [-0.15, -0.1) is 6.58 Å². The number of rotatable bonds is 6. The van der Waals surface area contributed by atoms with E-state index in [-0.39, 0.29) is 0 Å². The molecule has 2 atom stereocenters. The van der Waals surface area contributed by atoms with Crippen molar-refractivity contribution >= 4 is 0 Å². The molecule has 7 nitrogen and oxygen atoms in total. The molecular formula is C20H30N6O. The number of fused-ring (bicyclic) bond motifs is 3. The summed E-state index contributed by atoms with van der Waals surface area (Å²) in [5.74, 6) is 0.528. The Labute approximate surface area is 161 Å². The highest BCUT2D eigenvalue weighted by molar-refractivity contribution is 5.17. The predicted octanol–water partition coefficient (Wildman–Crippen LogP) is 1.74. The van der Waals surface area contributed by atoms with Crippen molar-refractivity contribution in [1.29, 1.82) is 0 Å². The molecule has 2 aromatic heterocycles. The van der Waals surface area contributed by atoms with Crippen LogP contribution in [0.1, 0.15) is 22.6 Å². The van der Waals surface area contributed by atoms with Gasteiger partial charge >= 0.3 is 0 Å². The number of nitrogens with zero attached hydrogens (tertiary/aromatic N) is 5. The van der Waals surface area contributed by atoms with E-state index < -0.39 is 0 Å². The number of nitrogens with one attached hydrogen (secondary N) is 1. The van der Waals surface area contributed by atoms with Crippen LogP contribution in [-0.4, -0.2) is 68.4 Å². The van der Waals surface area contributed by atoms with Gasteiger partial charge in [0.2, 0.25) is 0 Å². The lowest BCUT2D eigenvalue weighted by Crippen LogP contribution is -2.43. The molecule has 0 spiro atoms. The van der Waals surface area contributed by atoms with Crippen molar-refractivity contribution in [3.63, 3.8) is 0 Å². The van der Waals surface area contributed by atoms with E-state index in [1.54, 1.807) is 6.33 Å². The van der Waals surface area contributed by atoms with Crippen LogP contribution in [0.3, 0.4) is 0 Å². The molecule has 0 saturated carbocycles. The molecule has 2 aliphatic rings. The molecule has 0 aliphatic carbocycles. The maximum Gasteiger partial charge on any atom is 0.0925 e. The summed E-state index contributed by atoms with van der Waals surface area (Å²) in [6.07, 6.45) is 5.70. The van der Waals surface area contributed by atoms with Crippen molar-refractivity contribution in [3.05, 3.63) is 47.8 Å². The standard InChI is InChI=1S/C20H30N6O/c1-4-5-26-16(3)18(6-23-26)9-24-7-17-8-25(19(10-24)13-27-12-17)11-20-15(2)21-14-22-20/h4,6,14,17,19H,1,5,7-13H2,2-3H3,(H,21,22)/t17-,19-/m0/s1. The largest absolute Gasteiger partial charge is 0.379 e. The van der Waals surface area contributed by atoms with Gasteiger partial charge in [-0.05, 0) is 13.8 Å². The second-order valence-corrected chi connectivity index (χ2v) is 7.88. The number of H-pyrrole nitrogens is 1. The maximum absolute atomic E-state index is 5.98. The van der Waals surface area contributed by atoms with E-state index in [1.807, 2.05) is 17.0 Å². The molecule has 2 bridgehead atoms. The van der Waals surface area contributed by atoms with Crippen molar-refractivity contribution in [2.45, 2.75) is 39.5 Å². The Balaban J connectivity index is 1.48. The molecule has 4 heterocycles. The minimum absolute atomic E-state index is 0.400. The number of aryl methyl sites for hydroxylation is 1. The minimum atomic E-state index is 0.400. The summed E-state index contributed by atoms with van der Waals surface area (Å²) in [7, 11) is 0. The van der Waals surface area contributed by atoms with E-state index in [2.05, 4.69) is 45.3 Å². The van der Waals surface area contributed by atoms with Gasteiger partial charge in [0.1, 0.15) is 0 Å². The summed E-state index contributed by atoms with van der Waals surface area (Å²) >= 11 is 0. The Morgan fingerprint density at radius 1 is 1.26 bits per heavy atom. The fourth-order valence-electron chi connectivity index (χ4n) is 4.28. The average Bonchev–Trinajstić information content (AvgIpc) is 3.06. The lowest BCUT2D eigenvalue weighted by atomic mass is 10.1. The smallest absolute Gasteiger partial charge is 0.0925 e. The normalized spacial score (nSPS) is 24.1. The Morgan fingerprint density at radius 2 is 2.15 bits per heavy atom. The van der Waals surface area contributed by atoms with E-state index in [1.165, 1.54) is 11.3 Å². The quantitative estimate of drug-likeness (QED) is 0.785. The van der Waals surface area contributed by atoms with Gasteiger partial charge in [0.15, 0.2) is 0 Å². The summed E-state index contributed by atoms with van der Waals surface area (Å²) in [4.78, 5) is 12.8. The summed E-state index contributed by atoms with van der Waals surface area (Å²) in [5, 5.41) is 4.51. The number of imidazole rings is 1. The first-order chi connectivity index (χ1) is 13.1. The zero-order valence-corrected chi connectivity index (χ0v) is 16.4. The van der Waals surface area contributed by atoms with E-state index >= 15 is 0 Å². The van der Waals surface area contributed by atoms with Crippen LogP contribution in [0.2, 0.25) is 0 Å². The monoisotopic (exact) mass is 370 g/mol. The van der Waals surface area contributed by atoms with Crippen molar-refractivity contribution < 1.29 is 4.74 Å². The molecule has 2 aliphatic heterocycles. The topological polar surface area (TPSA) is 62.2 Å². The second kappa shape index (κ2) is 7.96. The third-order valence-corrected chi connectivity index (χ3v) is 5.85. The van der Waals surface area contributed by atoms with Crippen molar-refractivity contribution in [2.75, 3.05) is 32.8 Å². The molecule has 0 radical (unpaired) electrons. The van der Waals surface area contributed by atoms with Crippen molar-refractivity contribution in [3.8, 4) is 0 Å². The highest BCUT2D eigenvalue weighted by Crippen LogP contribution is 2.23. The van der Waals surface area contributed by atoms with Gasteiger partial charge in [0.05, 0.1) is 38.0 Å². The van der Waals surface area contributed by atoms with Crippen LogP contribution < -0.4 is 0 Å². The molecule has 0 aromatic carbocycles. The van der Waals surface area contributed by atoms with Crippen LogP contribution in [0, 0.1) is 19.8 Å². The highest BCUT2D eigenvalue weighted by Gasteiger charge is 2.34. The van der Waals surface area contributed by atoms with Crippen LogP contribution in [0.25, 0.3) is 0 Å². The summed E-state index contributed by atoms with van der Waals surface area (Å²) in [6.45, 7) is 15.5. The third kappa shape index (κ3) is 4.00. The van der Waals surface area contributed by atoms with Crippen molar-refractivity contribution in [2.24, 2.45) is 5.92 Å². The Hall–Kier alpha value is -1.96. The number of hydrogen-bond donors (Lipinski definition) is 1.